The molecule has 3 rings (SSSR count). The van der Waals surface area contributed by atoms with Gasteiger partial charge in [0.25, 0.3) is 5.91 Å². The summed E-state index contributed by atoms with van der Waals surface area (Å²) in [7, 11) is 0. The van der Waals surface area contributed by atoms with Crippen LogP contribution in [0.1, 0.15) is 19.4 Å². The van der Waals surface area contributed by atoms with E-state index in [1.165, 1.54) is 0 Å². The van der Waals surface area contributed by atoms with E-state index in [0.29, 0.717) is 5.75 Å². The second-order valence-corrected chi connectivity index (χ2v) is 5.82. The molecule has 0 unspecified atom stereocenters. The van der Waals surface area contributed by atoms with Crippen molar-refractivity contribution in [3.63, 3.8) is 0 Å². The Labute approximate surface area is 142 Å². The first-order chi connectivity index (χ1) is 11.7. The molecule has 24 heavy (non-hydrogen) atoms. The van der Waals surface area contributed by atoms with Crippen molar-refractivity contribution in [3.8, 4) is 5.75 Å². The van der Waals surface area contributed by atoms with Crippen LogP contribution in [0.25, 0.3) is 6.08 Å². The highest BCUT2D eigenvalue weighted by molar-refractivity contribution is 5.91. The predicted molar refractivity (Wildman–Crippen MR) is 96.4 cm³/mol. The lowest BCUT2D eigenvalue weighted by molar-refractivity contribution is -0.154. The highest BCUT2D eigenvalue weighted by Gasteiger charge is 2.49. The maximum atomic E-state index is 12.4. The average Bonchev–Trinajstić information content (AvgIpc) is 2.62. The number of hydrogen-bond acceptors (Lipinski definition) is 2. The Morgan fingerprint density at radius 2 is 1.67 bits per heavy atom. The van der Waals surface area contributed by atoms with Gasteiger partial charge in [0.1, 0.15) is 11.8 Å². The van der Waals surface area contributed by atoms with E-state index < -0.39 is 6.10 Å². The first-order valence-corrected chi connectivity index (χ1v) is 8.10. The number of amides is 1. The lowest BCUT2D eigenvalue weighted by Crippen LogP contribution is -2.65. The molecular formula is C21H21NO2. The molecule has 0 aromatic heterocycles. The van der Waals surface area contributed by atoms with E-state index in [9.17, 15) is 4.79 Å². The summed E-state index contributed by atoms with van der Waals surface area (Å²) in [5, 5.41) is 0. The molecule has 0 spiro atoms. The van der Waals surface area contributed by atoms with Crippen LogP contribution in [0.4, 0.5) is 0 Å². The van der Waals surface area contributed by atoms with Crippen LogP contribution >= 0.6 is 0 Å². The second kappa shape index (κ2) is 7.18. The fourth-order valence-corrected chi connectivity index (χ4v) is 2.93. The van der Waals surface area contributed by atoms with E-state index in [2.05, 4.69) is 18.2 Å². The van der Waals surface area contributed by atoms with Crippen molar-refractivity contribution in [2.24, 2.45) is 0 Å². The van der Waals surface area contributed by atoms with Gasteiger partial charge in [-0.05, 0) is 37.1 Å². The molecule has 0 radical (unpaired) electrons. The van der Waals surface area contributed by atoms with Crippen molar-refractivity contribution < 1.29 is 9.53 Å². The van der Waals surface area contributed by atoms with Crippen LogP contribution in [0, 0.1) is 0 Å². The minimum absolute atomic E-state index is 0.0113. The number of allylic oxidation sites excluding steroid dienone is 1. The summed E-state index contributed by atoms with van der Waals surface area (Å²) in [6.45, 7) is 3.95. The van der Waals surface area contributed by atoms with E-state index >= 15 is 0 Å². The van der Waals surface area contributed by atoms with Crippen LogP contribution in [0.3, 0.4) is 0 Å². The zero-order valence-corrected chi connectivity index (χ0v) is 13.9. The number of carbonyl (C=O) groups excluding carboxylic acids is 1. The molecular weight excluding hydrogens is 298 g/mol. The molecule has 3 nitrogen and oxygen atoms in total. The molecule has 1 aliphatic rings. The Balaban J connectivity index is 1.85. The van der Waals surface area contributed by atoms with E-state index in [-0.39, 0.29) is 11.9 Å². The van der Waals surface area contributed by atoms with Gasteiger partial charge in [0.15, 0.2) is 0 Å². The van der Waals surface area contributed by atoms with E-state index in [1.807, 2.05) is 74.7 Å². The quantitative estimate of drug-likeness (QED) is 0.770. The SMILES string of the molecule is C/C=C/N1C(=O)[C@H](Oc2ccccc2)[C@@H]1/C(C)=C/c1ccccc1. The van der Waals surface area contributed by atoms with Crippen molar-refractivity contribution in [3.05, 3.63) is 84.1 Å². The molecule has 1 amide bonds. The summed E-state index contributed by atoms with van der Waals surface area (Å²) in [5.74, 6) is 0.705. The molecule has 2 aromatic rings. The largest absolute Gasteiger partial charge is 0.478 e. The van der Waals surface area contributed by atoms with Gasteiger partial charge < -0.3 is 9.64 Å². The molecule has 1 saturated heterocycles. The molecule has 1 fully saturated rings. The van der Waals surface area contributed by atoms with Gasteiger partial charge in [-0.25, -0.2) is 0 Å². The smallest absolute Gasteiger partial charge is 0.270 e. The predicted octanol–water partition coefficient (Wildman–Crippen LogP) is 4.28. The van der Waals surface area contributed by atoms with Gasteiger partial charge in [0, 0.05) is 6.20 Å². The molecule has 0 aliphatic carbocycles. The fourth-order valence-electron chi connectivity index (χ4n) is 2.93. The summed E-state index contributed by atoms with van der Waals surface area (Å²) in [6.07, 6.45) is 5.32. The maximum Gasteiger partial charge on any atom is 0.270 e. The van der Waals surface area contributed by atoms with Gasteiger partial charge in [0.2, 0.25) is 6.10 Å². The van der Waals surface area contributed by atoms with Gasteiger partial charge >= 0.3 is 0 Å². The summed E-state index contributed by atoms with van der Waals surface area (Å²) < 4.78 is 5.94. The minimum atomic E-state index is -0.483. The summed E-state index contributed by atoms with van der Waals surface area (Å²) in [4.78, 5) is 14.2. The lowest BCUT2D eigenvalue weighted by atomic mass is 9.90. The summed E-state index contributed by atoms with van der Waals surface area (Å²) in [6, 6.07) is 19.5. The maximum absolute atomic E-state index is 12.4. The highest BCUT2D eigenvalue weighted by Crippen LogP contribution is 2.31. The van der Waals surface area contributed by atoms with Crippen LogP contribution in [-0.2, 0) is 4.79 Å². The topological polar surface area (TPSA) is 29.5 Å². The van der Waals surface area contributed by atoms with Crippen LogP contribution < -0.4 is 4.74 Å². The van der Waals surface area contributed by atoms with Gasteiger partial charge in [-0.2, -0.15) is 0 Å². The van der Waals surface area contributed by atoms with E-state index in [0.717, 1.165) is 11.1 Å². The molecule has 1 heterocycles. The van der Waals surface area contributed by atoms with Crippen molar-refractivity contribution in [1.29, 1.82) is 0 Å². The van der Waals surface area contributed by atoms with Gasteiger partial charge in [0.05, 0.1) is 0 Å². The molecule has 122 valence electrons. The fraction of sp³-hybridized carbons (Fsp3) is 0.190. The first-order valence-electron chi connectivity index (χ1n) is 8.10. The van der Waals surface area contributed by atoms with Crippen molar-refractivity contribution in [2.45, 2.75) is 26.0 Å². The molecule has 1 aliphatic heterocycles. The third-order valence-corrected chi connectivity index (χ3v) is 4.06. The average molecular weight is 319 g/mol. The van der Waals surface area contributed by atoms with Gasteiger partial charge in [-0.3, -0.25) is 4.79 Å². The van der Waals surface area contributed by atoms with Crippen LogP contribution in [-0.4, -0.2) is 23.0 Å². The number of likely N-dealkylation sites (tertiary alicyclic amines) is 1. The Morgan fingerprint density at radius 1 is 1.04 bits per heavy atom. The Kier molecular flexibility index (Phi) is 4.80. The van der Waals surface area contributed by atoms with Crippen molar-refractivity contribution in [1.82, 2.24) is 4.90 Å². The van der Waals surface area contributed by atoms with E-state index in [4.69, 9.17) is 4.74 Å². The number of rotatable bonds is 5. The van der Waals surface area contributed by atoms with Gasteiger partial charge in [-0.15, -0.1) is 0 Å². The minimum Gasteiger partial charge on any atom is -0.478 e. The normalized spacial score (nSPS) is 21.0. The molecule has 2 aromatic carbocycles. The Hall–Kier alpha value is -2.81. The number of carbonyl (C=O) groups is 1. The molecule has 0 saturated carbocycles. The number of β-lactam (4-membered cyclic amide) rings is 1. The second-order valence-electron chi connectivity index (χ2n) is 5.82. The summed E-state index contributed by atoms with van der Waals surface area (Å²) >= 11 is 0. The molecule has 2 atom stereocenters. The van der Waals surface area contributed by atoms with Crippen LogP contribution in [0.5, 0.6) is 5.75 Å². The lowest BCUT2D eigenvalue weighted by Gasteiger charge is -2.45. The zero-order chi connectivity index (χ0) is 16.9. The third kappa shape index (κ3) is 3.25. The van der Waals surface area contributed by atoms with Gasteiger partial charge in [-0.1, -0.05) is 60.7 Å². The number of nitrogens with zero attached hydrogens (tertiary/aromatic N) is 1. The van der Waals surface area contributed by atoms with Crippen molar-refractivity contribution >= 4 is 12.0 Å². The first kappa shape index (κ1) is 16.1. The van der Waals surface area contributed by atoms with Crippen LogP contribution in [0.2, 0.25) is 0 Å². The Bertz CT molecular complexity index is 750. The zero-order valence-electron chi connectivity index (χ0n) is 13.9. The Morgan fingerprint density at radius 3 is 2.29 bits per heavy atom. The van der Waals surface area contributed by atoms with Crippen LogP contribution in [0.15, 0.2) is 78.5 Å². The number of benzene rings is 2. The monoisotopic (exact) mass is 319 g/mol. The summed E-state index contributed by atoms with van der Waals surface area (Å²) in [5.41, 5.74) is 2.22. The molecule has 0 N–H and O–H groups in total. The van der Waals surface area contributed by atoms with Crippen molar-refractivity contribution in [2.75, 3.05) is 0 Å². The molecule has 3 heteroatoms. The standard InChI is InChI=1S/C21H21NO2/c1-3-14-22-19(16(2)15-17-10-6-4-7-11-17)20(21(22)23)24-18-12-8-5-9-13-18/h3-15,19-20H,1-2H3/b14-3+,16-15+/t19-,20+/m0/s1. The third-order valence-electron chi connectivity index (χ3n) is 4.06. The number of ether oxygens (including phenoxy) is 1. The van der Waals surface area contributed by atoms with E-state index in [1.54, 1.807) is 4.90 Å². The molecule has 0 bridgehead atoms. The number of hydrogen-bond donors (Lipinski definition) is 0. The highest BCUT2D eigenvalue weighted by atomic mass is 16.5. The number of para-hydroxylation sites is 1.